The van der Waals surface area contributed by atoms with Crippen molar-refractivity contribution in [1.29, 1.82) is 0 Å². The van der Waals surface area contributed by atoms with Gasteiger partial charge in [0.15, 0.2) is 0 Å². The Morgan fingerprint density at radius 3 is 2.64 bits per heavy atom. The van der Waals surface area contributed by atoms with Gasteiger partial charge in [0.25, 0.3) is 5.91 Å². The Labute approximate surface area is 191 Å². The van der Waals surface area contributed by atoms with Crippen LogP contribution < -0.4 is 15.8 Å². The highest BCUT2D eigenvalue weighted by molar-refractivity contribution is 6.01. The quantitative estimate of drug-likeness (QED) is 0.518. The number of nitrogens with one attached hydrogen (secondary N) is 1. The monoisotopic (exact) mass is 453 g/mol. The number of carbonyl (C=O) groups is 3. The molecule has 2 atom stereocenters. The number of nitrogens with zero attached hydrogens (tertiary/aromatic N) is 1. The van der Waals surface area contributed by atoms with Gasteiger partial charge in [0.1, 0.15) is 18.4 Å². The zero-order valence-corrected chi connectivity index (χ0v) is 18.2. The van der Waals surface area contributed by atoms with E-state index in [-0.39, 0.29) is 12.6 Å². The Balaban J connectivity index is 1.41. The highest BCUT2D eigenvalue weighted by atomic mass is 16.5. The summed E-state index contributed by atoms with van der Waals surface area (Å²) in [6.45, 7) is 2.82. The summed E-state index contributed by atoms with van der Waals surface area (Å²) in [5.41, 5.74) is 8.32. The van der Waals surface area contributed by atoms with Gasteiger partial charge < -0.3 is 30.5 Å². The van der Waals surface area contributed by atoms with Crippen LogP contribution in [-0.4, -0.2) is 59.6 Å². The third-order valence-electron chi connectivity index (χ3n) is 5.89. The lowest BCUT2D eigenvalue weighted by Crippen LogP contribution is -2.43. The van der Waals surface area contributed by atoms with Crippen molar-refractivity contribution in [3.63, 3.8) is 0 Å². The van der Waals surface area contributed by atoms with Crippen molar-refractivity contribution in [3.8, 4) is 5.75 Å². The normalized spacial score (nSPS) is 18.6. The van der Waals surface area contributed by atoms with Crippen LogP contribution >= 0.6 is 0 Å². The van der Waals surface area contributed by atoms with E-state index in [4.69, 9.17) is 15.2 Å². The molecule has 4 N–H and O–H groups in total. The van der Waals surface area contributed by atoms with Crippen LogP contribution in [0.4, 0.5) is 0 Å². The van der Waals surface area contributed by atoms with Crippen molar-refractivity contribution in [1.82, 2.24) is 10.2 Å². The molecule has 0 radical (unpaired) electrons. The summed E-state index contributed by atoms with van der Waals surface area (Å²) in [5.74, 6) is -1.99. The summed E-state index contributed by atoms with van der Waals surface area (Å²) in [6, 6.07) is 11.9. The third-order valence-corrected chi connectivity index (χ3v) is 5.89. The Kier molecular flexibility index (Phi) is 6.90. The average molecular weight is 453 g/mol. The second-order valence-corrected chi connectivity index (χ2v) is 8.25. The van der Waals surface area contributed by atoms with Gasteiger partial charge >= 0.3 is 5.97 Å². The molecule has 2 amide bonds. The van der Waals surface area contributed by atoms with Crippen LogP contribution in [0, 0.1) is 0 Å². The molecule has 2 unspecified atom stereocenters. The lowest BCUT2D eigenvalue weighted by Gasteiger charge is -2.23. The van der Waals surface area contributed by atoms with Crippen LogP contribution in [-0.2, 0) is 33.9 Å². The smallest absolute Gasteiger partial charge is 0.326 e. The number of carboxylic acid groups (broad SMARTS) is 1. The molecule has 2 heterocycles. The minimum absolute atomic E-state index is 0.0446. The Morgan fingerprint density at radius 2 is 1.97 bits per heavy atom. The van der Waals surface area contributed by atoms with Crippen LogP contribution in [0.3, 0.4) is 0 Å². The Hall–Kier alpha value is -3.43. The maximum Gasteiger partial charge on any atom is 0.326 e. The molecular weight excluding hydrogens is 426 g/mol. The second-order valence-electron chi connectivity index (χ2n) is 8.25. The maximum atomic E-state index is 12.8. The molecule has 0 aromatic heterocycles. The Bertz CT molecular complexity index is 1030. The Morgan fingerprint density at radius 1 is 1.21 bits per heavy atom. The van der Waals surface area contributed by atoms with Crippen molar-refractivity contribution < 1.29 is 29.0 Å². The molecule has 9 heteroatoms. The van der Waals surface area contributed by atoms with E-state index in [1.165, 1.54) is 5.56 Å². The summed E-state index contributed by atoms with van der Waals surface area (Å²) in [6.07, 6.45) is 0.575. The zero-order valence-electron chi connectivity index (χ0n) is 18.2. The van der Waals surface area contributed by atoms with Gasteiger partial charge in [-0.15, -0.1) is 0 Å². The van der Waals surface area contributed by atoms with Crippen molar-refractivity contribution in [3.05, 3.63) is 64.7 Å². The largest absolute Gasteiger partial charge is 0.489 e. The van der Waals surface area contributed by atoms with E-state index in [1.54, 1.807) is 18.2 Å². The fourth-order valence-corrected chi connectivity index (χ4v) is 4.18. The molecule has 0 bridgehead atoms. The first-order valence-electron chi connectivity index (χ1n) is 10.9. The van der Waals surface area contributed by atoms with E-state index in [2.05, 4.69) is 17.4 Å². The van der Waals surface area contributed by atoms with Gasteiger partial charge in [-0.05, 0) is 29.7 Å². The summed E-state index contributed by atoms with van der Waals surface area (Å²) in [7, 11) is 0. The first kappa shape index (κ1) is 22.8. The van der Waals surface area contributed by atoms with Gasteiger partial charge in [0, 0.05) is 24.2 Å². The van der Waals surface area contributed by atoms with E-state index in [1.807, 2.05) is 12.1 Å². The lowest BCUT2D eigenvalue weighted by atomic mass is 10.1. The summed E-state index contributed by atoms with van der Waals surface area (Å²) >= 11 is 0. The highest BCUT2D eigenvalue weighted by Gasteiger charge is 2.38. The first-order valence-corrected chi connectivity index (χ1v) is 10.9. The summed E-state index contributed by atoms with van der Waals surface area (Å²) in [4.78, 5) is 36.9. The predicted octanol–water partition coefficient (Wildman–Crippen LogP) is 1.08. The molecular formula is C24H27N3O6. The van der Waals surface area contributed by atoms with E-state index >= 15 is 0 Å². The average Bonchev–Trinajstić information content (AvgIpc) is 3.14. The van der Waals surface area contributed by atoms with E-state index in [0.717, 1.165) is 36.6 Å². The van der Waals surface area contributed by atoms with Gasteiger partial charge in [-0.2, -0.15) is 0 Å². The highest BCUT2D eigenvalue weighted by Crippen LogP contribution is 2.33. The molecule has 33 heavy (non-hydrogen) atoms. The van der Waals surface area contributed by atoms with Crippen molar-refractivity contribution in [2.24, 2.45) is 5.73 Å². The number of aliphatic carboxylic acids is 1. The molecule has 9 nitrogen and oxygen atoms in total. The van der Waals surface area contributed by atoms with Crippen LogP contribution in [0.5, 0.6) is 5.75 Å². The molecule has 4 rings (SSSR count). The van der Waals surface area contributed by atoms with Gasteiger partial charge in [-0.25, -0.2) is 4.79 Å². The lowest BCUT2D eigenvalue weighted by molar-refractivity contribution is -0.144. The van der Waals surface area contributed by atoms with E-state index in [0.29, 0.717) is 23.5 Å². The minimum atomic E-state index is -1.31. The van der Waals surface area contributed by atoms with Gasteiger partial charge in [-0.3, -0.25) is 9.59 Å². The fourth-order valence-electron chi connectivity index (χ4n) is 4.18. The molecule has 2 aliphatic rings. The summed E-state index contributed by atoms with van der Waals surface area (Å²) in [5, 5.41) is 12.8. The van der Waals surface area contributed by atoms with E-state index < -0.39 is 30.2 Å². The molecule has 2 aromatic carbocycles. The number of carboxylic acids is 1. The SMILES string of the molecule is NC(=O)CC(C(=O)O)N1Cc2c(OCc3ccc(CC4CNCCO4)cc3)cccc2C1=O. The molecule has 2 aliphatic heterocycles. The molecule has 0 saturated carbocycles. The number of hydrogen-bond acceptors (Lipinski definition) is 6. The number of ether oxygens (including phenoxy) is 2. The fraction of sp³-hybridized carbons (Fsp3) is 0.375. The number of benzene rings is 2. The maximum absolute atomic E-state index is 12.8. The number of carbonyl (C=O) groups excluding carboxylic acids is 2. The number of nitrogens with two attached hydrogens (primary N) is 1. The number of fused-ring (bicyclic) bond motifs is 1. The van der Waals surface area contributed by atoms with E-state index in [9.17, 15) is 19.5 Å². The molecule has 0 aliphatic carbocycles. The van der Waals surface area contributed by atoms with Crippen molar-refractivity contribution >= 4 is 17.8 Å². The van der Waals surface area contributed by atoms with Crippen LogP contribution in [0.15, 0.2) is 42.5 Å². The number of morpholine rings is 1. The molecule has 0 spiro atoms. The summed E-state index contributed by atoms with van der Waals surface area (Å²) < 4.78 is 11.7. The van der Waals surface area contributed by atoms with Crippen molar-refractivity contribution in [2.75, 3.05) is 19.7 Å². The molecule has 1 saturated heterocycles. The molecule has 174 valence electrons. The number of hydrogen-bond donors (Lipinski definition) is 3. The molecule has 1 fully saturated rings. The first-order chi connectivity index (χ1) is 15.9. The minimum Gasteiger partial charge on any atom is -0.489 e. The predicted molar refractivity (Wildman–Crippen MR) is 119 cm³/mol. The molecule has 2 aromatic rings. The second kappa shape index (κ2) is 10.0. The van der Waals surface area contributed by atoms with Crippen LogP contribution in [0.25, 0.3) is 0 Å². The van der Waals surface area contributed by atoms with Gasteiger partial charge in [0.2, 0.25) is 5.91 Å². The number of amides is 2. The van der Waals surface area contributed by atoms with Crippen molar-refractivity contribution in [2.45, 2.75) is 38.1 Å². The zero-order chi connectivity index (χ0) is 23.4. The van der Waals surface area contributed by atoms with Crippen LogP contribution in [0.2, 0.25) is 0 Å². The van der Waals surface area contributed by atoms with Gasteiger partial charge in [-0.1, -0.05) is 30.3 Å². The number of primary amides is 1. The topological polar surface area (TPSA) is 131 Å². The standard InChI is InChI=1S/C24H27N3O6/c25-22(28)11-20(24(30)31)27-13-19-18(23(27)29)2-1-3-21(19)33-14-16-6-4-15(5-7-16)10-17-12-26-8-9-32-17/h1-7,17,20,26H,8-14H2,(H2,25,28)(H,30,31). The van der Waals surface area contributed by atoms with Crippen LogP contribution in [0.1, 0.15) is 33.5 Å². The van der Waals surface area contributed by atoms with Gasteiger partial charge in [0.05, 0.1) is 25.7 Å². The third kappa shape index (κ3) is 5.32. The number of rotatable bonds is 9.